The fraction of sp³-hybridized carbons (Fsp3) is 0.857. The van der Waals surface area contributed by atoms with Crippen molar-refractivity contribution < 1.29 is 9.59 Å². The van der Waals surface area contributed by atoms with E-state index in [0.29, 0.717) is 18.1 Å². The summed E-state index contributed by atoms with van der Waals surface area (Å²) in [6, 6.07) is 0. The van der Waals surface area contributed by atoms with Gasteiger partial charge in [-0.05, 0) is 18.8 Å². The summed E-state index contributed by atoms with van der Waals surface area (Å²) in [4.78, 5) is 25.6. The fourth-order valence-electron chi connectivity index (χ4n) is 2.36. The first-order chi connectivity index (χ1) is 7.91. The molecule has 3 nitrogen and oxygen atoms in total. The van der Waals surface area contributed by atoms with E-state index in [4.69, 9.17) is 0 Å². The van der Waals surface area contributed by atoms with Gasteiger partial charge in [-0.25, -0.2) is 0 Å². The Bertz CT molecular complexity index is 276. The number of Topliss-reactive ketones (excluding diaryl/α,β-unsaturated/α-hetero) is 1. The molecule has 17 heavy (non-hydrogen) atoms. The molecule has 0 aromatic carbocycles. The van der Waals surface area contributed by atoms with Crippen molar-refractivity contribution in [1.82, 2.24) is 4.90 Å². The number of piperidine rings is 1. The highest BCUT2D eigenvalue weighted by Gasteiger charge is 2.27. The molecule has 0 aromatic rings. The summed E-state index contributed by atoms with van der Waals surface area (Å²) in [6.07, 6.45) is 2.39. The van der Waals surface area contributed by atoms with E-state index in [9.17, 15) is 9.59 Å². The number of amides is 1. The van der Waals surface area contributed by atoms with E-state index in [0.717, 1.165) is 25.9 Å². The summed E-state index contributed by atoms with van der Waals surface area (Å²) in [6.45, 7) is 9.53. The Hall–Kier alpha value is -0.860. The quantitative estimate of drug-likeness (QED) is 0.756. The van der Waals surface area contributed by atoms with Gasteiger partial charge < -0.3 is 4.90 Å². The van der Waals surface area contributed by atoms with Crippen LogP contribution in [-0.4, -0.2) is 29.7 Å². The highest BCUT2D eigenvalue weighted by atomic mass is 16.2. The van der Waals surface area contributed by atoms with Gasteiger partial charge in [0.1, 0.15) is 5.78 Å². The molecule has 3 heteroatoms. The van der Waals surface area contributed by atoms with Crippen molar-refractivity contribution in [3.63, 3.8) is 0 Å². The lowest BCUT2D eigenvalue weighted by Gasteiger charge is -2.32. The van der Waals surface area contributed by atoms with Crippen molar-refractivity contribution >= 4 is 11.7 Å². The summed E-state index contributed by atoms with van der Waals surface area (Å²) >= 11 is 0. The molecule has 1 aliphatic rings. The number of nitrogens with zero attached hydrogens (tertiary/aromatic N) is 1. The normalized spacial score (nSPS) is 17.9. The molecule has 1 heterocycles. The average Bonchev–Trinajstić information content (AvgIpc) is 2.27. The van der Waals surface area contributed by atoms with Crippen molar-refractivity contribution in [2.75, 3.05) is 13.1 Å². The van der Waals surface area contributed by atoms with Crippen LogP contribution in [0.1, 0.15) is 47.0 Å². The Kier molecular flexibility index (Phi) is 5.16. The molecule has 0 N–H and O–H groups in total. The maximum Gasteiger partial charge on any atom is 0.225 e. The molecule has 98 valence electrons. The molecule has 0 atom stereocenters. The maximum atomic E-state index is 11.9. The molecule has 0 aliphatic carbocycles. The molecule has 1 amide bonds. The highest BCUT2D eigenvalue weighted by Crippen LogP contribution is 2.22. The molecule has 0 spiro atoms. The van der Waals surface area contributed by atoms with Gasteiger partial charge >= 0.3 is 0 Å². The van der Waals surface area contributed by atoms with Crippen molar-refractivity contribution in [3.05, 3.63) is 0 Å². The van der Waals surface area contributed by atoms with Crippen LogP contribution < -0.4 is 0 Å². The van der Waals surface area contributed by atoms with E-state index in [1.807, 2.05) is 18.7 Å². The molecule has 1 rings (SSSR count). The minimum absolute atomic E-state index is 0.0675. The second-order valence-electron chi connectivity index (χ2n) is 5.82. The Morgan fingerprint density at radius 2 is 1.65 bits per heavy atom. The van der Waals surface area contributed by atoms with Crippen LogP contribution >= 0.6 is 0 Å². The number of likely N-dealkylation sites (tertiary alicyclic amines) is 1. The van der Waals surface area contributed by atoms with E-state index < -0.39 is 0 Å². The van der Waals surface area contributed by atoms with Gasteiger partial charge in [0.25, 0.3) is 0 Å². The van der Waals surface area contributed by atoms with Crippen LogP contribution in [0.4, 0.5) is 0 Å². The van der Waals surface area contributed by atoms with Gasteiger partial charge in [0.2, 0.25) is 5.91 Å². The molecule has 0 radical (unpaired) electrons. The predicted octanol–water partition coefficient (Wildman–Crippen LogP) is 2.50. The molecule has 0 saturated carbocycles. The molecule has 1 fully saturated rings. The summed E-state index contributed by atoms with van der Waals surface area (Å²) in [5.41, 5.74) is 0. The lowest BCUT2D eigenvalue weighted by Crippen LogP contribution is -2.42. The van der Waals surface area contributed by atoms with Crippen LogP contribution in [-0.2, 0) is 9.59 Å². The van der Waals surface area contributed by atoms with Gasteiger partial charge in [-0.15, -0.1) is 0 Å². The molecular weight excluding hydrogens is 214 g/mol. The fourth-order valence-corrected chi connectivity index (χ4v) is 2.36. The lowest BCUT2D eigenvalue weighted by molar-refractivity contribution is -0.137. The van der Waals surface area contributed by atoms with Crippen LogP contribution in [0, 0.1) is 17.8 Å². The second-order valence-corrected chi connectivity index (χ2v) is 5.82. The second kappa shape index (κ2) is 6.18. The third kappa shape index (κ3) is 4.14. The van der Waals surface area contributed by atoms with Gasteiger partial charge in [0, 0.05) is 31.3 Å². The Balaban J connectivity index is 2.40. The summed E-state index contributed by atoms with van der Waals surface area (Å²) in [7, 11) is 0. The van der Waals surface area contributed by atoms with Crippen molar-refractivity contribution in [1.29, 1.82) is 0 Å². The smallest absolute Gasteiger partial charge is 0.225 e. The standard InChI is InChI=1S/C14H25NO2/c1-10(2)9-13(16)12-5-7-15(8-6-12)14(17)11(3)4/h10-12H,5-9H2,1-4H3. The van der Waals surface area contributed by atoms with Crippen LogP contribution in [0.3, 0.4) is 0 Å². The molecule has 1 aliphatic heterocycles. The Labute approximate surface area is 105 Å². The Morgan fingerprint density at radius 1 is 1.12 bits per heavy atom. The van der Waals surface area contributed by atoms with Crippen molar-refractivity contribution in [2.24, 2.45) is 17.8 Å². The van der Waals surface area contributed by atoms with Gasteiger partial charge in [-0.1, -0.05) is 27.7 Å². The SMILES string of the molecule is CC(C)CC(=O)C1CCN(C(=O)C(C)C)CC1. The zero-order valence-electron chi connectivity index (χ0n) is 11.5. The van der Waals surface area contributed by atoms with Gasteiger partial charge in [-0.2, -0.15) is 0 Å². The van der Waals surface area contributed by atoms with Gasteiger partial charge in [-0.3, -0.25) is 9.59 Å². The number of hydrogen-bond acceptors (Lipinski definition) is 2. The van der Waals surface area contributed by atoms with Crippen molar-refractivity contribution in [3.8, 4) is 0 Å². The molecule has 1 saturated heterocycles. The monoisotopic (exact) mass is 239 g/mol. The summed E-state index contributed by atoms with van der Waals surface area (Å²) < 4.78 is 0. The minimum atomic E-state index is 0.0675. The van der Waals surface area contributed by atoms with E-state index in [-0.39, 0.29) is 17.7 Å². The van der Waals surface area contributed by atoms with E-state index in [2.05, 4.69) is 13.8 Å². The first-order valence-corrected chi connectivity index (χ1v) is 6.73. The van der Waals surface area contributed by atoms with E-state index in [1.54, 1.807) is 0 Å². The van der Waals surface area contributed by atoms with E-state index in [1.165, 1.54) is 0 Å². The molecule has 0 bridgehead atoms. The zero-order valence-corrected chi connectivity index (χ0v) is 11.5. The first-order valence-electron chi connectivity index (χ1n) is 6.73. The number of hydrogen-bond donors (Lipinski definition) is 0. The first kappa shape index (κ1) is 14.2. The van der Waals surface area contributed by atoms with Crippen LogP contribution in [0.15, 0.2) is 0 Å². The van der Waals surface area contributed by atoms with E-state index >= 15 is 0 Å². The predicted molar refractivity (Wildman–Crippen MR) is 68.6 cm³/mol. The summed E-state index contributed by atoms with van der Waals surface area (Å²) in [5, 5.41) is 0. The lowest BCUT2D eigenvalue weighted by atomic mass is 9.88. The zero-order chi connectivity index (χ0) is 13.0. The molecule has 0 unspecified atom stereocenters. The summed E-state index contributed by atoms with van der Waals surface area (Å²) in [5.74, 6) is 1.31. The number of ketones is 1. The number of carbonyl (C=O) groups excluding carboxylic acids is 2. The largest absolute Gasteiger partial charge is 0.342 e. The molecule has 0 aromatic heterocycles. The van der Waals surface area contributed by atoms with Gasteiger partial charge in [0.05, 0.1) is 0 Å². The highest BCUT2D eigenvalue weighted by molar-refractivity contribution is 5.82. The van der Waals surface area contributed by atoms with Crippen LogP contribution in [0.25, 0.3) is 0 Å². The van der Waals surface area contributed by atoms with Crippen LogP contribution in [0.2, 0.25) is 0 Å². The topological polar surface area (TPSA) is 37.4 Å². The number of carbonyl (C=O) groups is 2. The van der Waals surface area contributed by atoms with Crippen LogP contribution in [0.5, 0.6) is 0 Å². The van der Waals surface area contributed by atoms with Gasteiger partial charge in [0.15, 0.2) is 0 Å². The maximum absolute atomic E-state index is 11.9. The Morgan fingerprint density at radius 3 is 2.06 bits per heavy atom. The number of rotatable bonds is 4. The van der Waals surface area contributed by atoms with Crippen molar-refractivity contribution in [2.45, 2.75) is 47.0 Å². The molecular formula is C14H25NO2. The third-order valence-electron chi connectivity index (χ3n) is 3.37. The minimum Gasteiger partial charge on any atom is -0.342 e. The average molecular weight is 239 g/mol. The third-order valence-corrected chi connectivity index (χ3v) is 3.37.